The number of benzene rings is 2. The van der Waals surface area contributed by atoms with Crippen LogP contribution in [0.2, 0.25) is 0 Å². The SMILES string of the molecule is CC(=O)c1ccccc1NC(=O)[C@H](C)OC(=O)[C@H](Cc1ccccc1)NC(N)=O. The molecular weight excluding hydrogens is 374 g/mol. The van der Waals surface area contributed by atoms with Crippen molar-refractivity contribution < 1.29 is 23.9 Å². The number of carbonyl (C=O) groups is 4. The Morgan fingerprint density at radius 1 is 1.00 bits per heavy atom. The number of primary amides is 1. The number of hydrogen-bond donors (Lipinski definition) is 3. The van der Waals surface area contributed by atoms with Gasteiger partial charge in [0.15, 0.2) is 11.9 Å². The molecule has 0 saturated heterocycles. The minimum absolute atomic E-state index is 0.157. The van der Waals surface area contributed by atoms with E-state index in [0.29, 0.717) is 11.3 Å². The molecule has 0 spiro atoms. The van der Waals surface area contributed by atoms with E-state index in [4.69, 9.17) is 10.5 Å². The Balaban J connectivity index is 2.05. The minimum Gasteiger partial charge on any atom is -0.451 e. The van der Waals surface area contributed by atoms with Gasteiger partial charge in [0.2, 0.25) is 0 Å². The van der Waals surface area contributed by atoms with Crippen molar-refractivity contribution in [3.05, 3.63) is 65.7 Å². The third-order valence-electron chi connectivity index (χ3n) is 4.11. The predicted molar refractivity (Wildman–Crippen MR) is 107 cm³/mol. The first-order valence-corrected chi connectivity index (χ1v) is 8.99. The van der Waals surface area contributed by atoms with E-state index in [9.17, 15) is 19.2 Å². The van der Waals surface area contributed by atoms with Crippen LogP contribution >= 0.6 is 0 Å². The molecule has 2 aromatic rings. The number of anilines is 1. The second-order valence-electron chi connectivity index (χ2n) is 6.42. The Hall–Kier alpha value is -3.68. The number of amides is 3. The van der Waals surface area contributed by atoms with E-state index in [2.05, 4.69) is 10.6 Å². The normalized spacial score (nSPS) is 12.3. The summed E-state index contributed by atoms with van der Waals surface area (Å²) in [6.45, 7) is 2.78. The van der Waals surface area contributed by atoms with Crippen LogP contribution in [0.1, 0.15) is 29.8 Å². The number of urea groups is 1. The van der Waals surface area contributed by atoms with Gasteiger partial charge >= 0.3 is 12.0 Å². The van der Waals surface area contributed by atoms with Crippen LogP contribution in [0.15, 0.2) is 54.6 Å². The average molecular weight is 397 g/mol. The number of nitrogens with one attached hydrogen (secondary N) is 2. The first kappa shape index (κ1) is 21.6. The number of rotatable bonds is 8. The third kappa shape index (κ3) is 6.46. The Bertz CT molecular complexity index is 898. The smallest absolute Gasteiger partial charge is 0.329 e. The summed E-state index contributed by atoms with van der Waals surface area (Å²) in [5, 5.41) is 4.91. The Kier molecular flexibility index (Phi) is 7.47. The lowest BCUT2D eigenvalue weighted by Crippen LogP contribution is -2.47. The zero-order chi connectivity index (χ0) is 21.4. The van der Waals surface area contributed by atoms with Gasteiger partial charge in [-0.25, -0.2) is 9.59 Å². The molecule has 0 bridgehead atoms. The summed E-state index contributed by atoms with van der Waals surface area (Å²) in [5.74, 6) is -1.61. The van der Waals surface area contributed by atoms with E-state index in [0.717, 1.165) is 5.56 Å². The van der Waals surface area contributed by atoms with Crippen molar-refractivity contribution in [2.24, 2.45) is 5.73 Å². The first-order chi connectivity index (χ1) is 13.8. The monoisotopic (exact) mass is 397 g/mol. The van der Waals surface area contributed by atoms with Gasteiger partial charge in [-0.2, -0.15) is 0 Å². The summed E-state index contributed by atoms with van der Waals surface area (Å²) < 4.78 is 5.21. The molecule has 0 unspecified atom stereocenters. The highest BCUT2D eigenvalue weighted by molar-refractivity contribution is 6.04. The molecule has 0 aliphatic rings. The Labute approximate surface area is 168 Å². The van der Waals surface area contributed by atoms with Gasteiger partial charge in [0.1, 0.15) is 6.04 Å². The molecule has 2 aromatic carbocycles. The van der Waals surface area contributed by atoms with Crippen molar-refractivity contribution >= 4 is 29.4 Å². The van der Waals surface area contributed by atoms with E-state index in [-0.39, 0.29) is 12.2 Å². The second kappa shape index (κ2) is 10.0. The van der Waals surface area contributed by atoms with Crippen molar-refractivity contribution in [1.82, 2.24) is 5.32 Å². The zero-order valence-electron chi connectivity index (χ0n) is 16.2. The fourth-order valence-corrected chi connectivity index (χ4v) is 2.66. The Morgan fingerprint density at radius 2 is 1.62 bits per heavy atom. The maximum Gasteiger partial charge on any atom is 0.329 e. The van der Waals surface area contributed by atoms with Crippen LogP contribution in [0.25, 0.3) is 0 Å². The van der Waals surface area contributed by atoms with Gasteiger partial charge in [0.25, 0.3) is 5.91 Å². The van der Waals surface area contributed by atoms with Gasteiger partial charge in [0.05, 0.1) is 5.69 Å². The van der Waals surface area contributed by atoms with E-state index >= 15 is 0 Å². The molecule has 29 heavy (non-hydrogen) atoms. The molecule has 0 aliphatic heterocycles. The van der Waals surface area contributed by atoms with Gasteiger partial charge in [-0.05, 0) is 31.5 Å². The fourth-order valence-electron chi connectivity index (χ4n) is 2.66. The molecule has 0 aliphatic carbocycles. The van der Waals surface area contributed by atoms with Crippen LogP contribution in [0.5, 0.6) is 0 Å². The highest BCUT2D eigenvalue weighted by Crippen LogP contribution is 2.16. The standard InChI is InChI=1S/C21H23N3O5/c1-13(25)16-10-6-7-11-17(16)23-19(26)14(2)29-20(27)18(24-21(22)28)12-15-8-4-3-5-9-15/h3-11,14,18H,12H2,1-2H3,(H,23,26)(H3,22,24,28)/t14-,18-/m0/s1. The fraction of sp³-hybridized carbons (Fsp3) is 0.238. The van der Waals surface area contributed by atoms with Crippen LogP contribution in [-0.4, -0.2) is 35.8 Å². The zero-order valence-corrected chi connectivity index (χ0v) is 16.2. The molecule has 3 amide bonds. The molecule has 0 radical (unpaired) electrons. The summed E-state index contributed by atoms with van der Waals surface area (Å²) in [6.07, 6.45) is -1.00. The Morgan fingerprint density at radius 3 is 2.24 bits per heavy atom. The summed E-state index contributed by atoms with van der Waals surface area (Å²) in [4.78, 5) is 47.8. The molecule has 152 valence electrons. The summed E-state index contributed by atoms with van der Waals surface area (Å²) in [5.41, 5.74) is 6.61. The number of para-hydroxylation sites is 1. The number of carbonyl (C=O) groups excluding carboxylic acids is 4. The van der Waals surface area contributed by atoms with Gasteiger partial charge in [-0.3, -0.25) is 9.59 Å². The highest BCUT2D eigenvalue weighted by Gasteiger charge is 2.26. The first-order valence-electron chi connectivity index (χ1n) is 8.99. The van der Waals surface area contributed by atoms with E-state index in [1.54, 1.807) is 48.5 Å². The quantitative estimate of drug-likeness (QED) is 0.464. The van der Waals surface area contributed by atoms with Crippen LogP contribution < -0.4 is 16.4 Å². The van der Waals surface area contributed by atoms with Gasteiger partial charge < -0.3 is 21.1 Å². The number of Topliss-reactive ketones (excluding diaryl/α,β-unsaturated/α-hetero) is 1. The lowest BCUT2D eigenvalue weighted by atomic mass is 10.1. The van der Waals surface area contributed by atoms with Gasteiger partial charge in [-0.1, -0.05) is 42.5 Å². The topological polar surface area (TPSA) is 128 Å². The number of esters is 1. The number of nitrogens with two attached hydrogens (primary N) is 1. The number of hydrogen-bond acceptors (Lipinski definition) is 5. The van der Waals surface area contributed by atoms with Crippen molar-refractivity contribution in [3.63, 3.8) is 0 Å². The average Bonchev–Trinajstić information content (AvgIpc) is 2.68. The van der Waals surface area contributed by atoms with E-state index in [1.807, 2.05) is 6.07 Å². The van der Waals surface area contributed by atoms with Crippen molar-refractivity contribution in [2.45, 2.75) is 32.4 Å². The molecule has 0 aromatic heterocycles. The van der Waals surface area contributed by atoms with Crippen LogP contribution in [0.3, 0.4) is 0 Å². The largest absolute Gasteiger partial charge is 0.451 e. The highest BCUT2D eigenvalue weighted by atomic mass is 16.5. The van der Waals surface area contributed by atoms with Crippen LogP contribution in [0.4, 0.5) is 10.5 Å². The summed E-state index contributed by atoms with van der Waals surface area (Å²) in [7, 11) is 0. The van der Waals surface area contributed by atoms with E-state index in [1.165, 1.54) is 13.8 Å². The van der Waals surface area contributed by atoms with Crippen LogP contribution in [0, 0.1) is 0 Å². The molecule has 0 saturated carbocycles. The van der Waals surface area contributed by atoms with E-state index < -0.39 is 30.1 Å². The molecule has 2 rings (SSSR count). The van der Waals surface area contributed by atoms with Gasteiger partial charge in [-0.15, -0.1) is 0 Å². The summed E-state index contributed by atoms with van der Waals surface area (Å²) >= 11 is 0. The summed E-state index contributed by atoms with van der Waals surface area (Å²) in [6, 6.07) is 13.6. The molecule has 4 N–H and O–H groups in total. The molecule has 0 heterocycles. The molecule has 0 fully saturated rings. The van der Waals surface area contributed by atoms with Crippen molar-refractivity contribution in [3.8, 4) is 0 Å². The predicted octanol–water partition coefficient (Wildman–Crippen LogP) is 2.04. The van der Waals surface area contributed by atoms with Crippen molar-refractivity contribution in [2.75, 3.05) is 5.32 Å². The maximum absolute atomic E-state index is 12.5. The van der Waals surface area contributed by atoms with Crippen molar-refractivity contribution in [1.29, 1.82) is 0 Å². The molecule has 8 heteroatoms. The maximum atomic E-state index is 12.5. The number of ether oxygens (including phenoxy) is 1. The minimum atomic E-state index is -1.16. The number of ketones is 1. The molecular formula is C21H23N3O5. The lowest BCUT2D eigenvalue weighted by Gasteiger charge is -2.20. The lowest BCUT2D eigenvalue weighted by molar-refractivity contribution is -0.155. The van der Waals surface area contributed by atoms with Crippen LogP contribution in [-0.2, 0) is 20.7 Å². The molecule has 8 nitrogen and oxygen atoms in total. The second-order valence-corrected chi connectivity index (χ2v) is 6.42. The third-order valence-corrected chi connectivity index (χ3v) is 4.11. The van der Waals surface area contributed by atoms with Gasteiger partial charge in [0, 0.05) is 12.0 Å². The molecule has 2 atom stereocenters.